The minimum Gasteiger partial charge on any atom is -0.343 e. The molecule has 4 aliphatic heterocycles. The van der Waals surface area contributed by atoms with E-state index in [9.17, 15) is 37.1 Å². The fourth-order valence-electron chi connectivity index (χ4n) is 15.7. The van der Waals surface area contributed by atoms with Crippen LogP contribution in [0, 0.1) is 17.8 Å². The first-order valence-electron chi connectivity index (χ1n) is 37.4. The van der Waals surface area contributed by atoms with Crippen molar-refractivity contribution in [2.24, 2.45) is 17.8 Å². The van der Waals surface area contributed by atoms with E-state index >= 15 is 33.6 Å². The molecule has 0 unspecified atom stereocenters. The van der Waals surface area contributed by atoms with Crippen LogP contribution in [0.3, 0.4) is 0 Å². The lowest BCUT2D eigenvalue weighted by atomic mass is 9.84. The van der Waals surface area contributed by atoms with Gasteiger partial charge in [0, 0.05) is 68.5 Å². The Morgan fingerprint density at radius 1 is 0.627 bits per heavy atom. The molecule has 4 saturated heterocycles. The second kappa shape index (κ2) is 36.6. The van der Waals surface area contributed by atoms with E-state index in [1.807, 2.05) is 27.7 Å². The molecule has 2 aliphatic carbocycles. The number of fused-ring (bicyclic) bond motifs is 2. The van der Waals surface area contributed by atoms with Crippen LogP contribution in [0.1, 0.15) is 207 Å². The predicted molar refractivity (Wildman–Crippen MR) is 378 cm³/mol. The van der Waals surface area contributed by atoms with E-state index in [2.05, 4.69) is 16.0 Å². The maximum atomic E-state index is 15.6. The van der Waals surface area contributed by atoms with Crippen molar-refractivity contribution in [2.45, 2.75) is 268 Å². The number of carbonyl (C=O) groups excluding carboxylic acids is 12. The van der Waals surface area contributed by atoms with Crippen molar-refractivity contribution >= 4 is 82.5 Å². The quantitative estimate of drug-likeness (QED) is 0.160. The van der Waals surface area contributed by atoms with Crippen LogP contribution in [-0.2, 0) is 70.1 Å². The number of hydrogen-bond donors (Lipinski definition) is 3. The molecular formula is C74H114ClF3N12O12. The maximum Gasteiger partial charge on any atom is 0.417 e. The molecule has 2 saturated carbocycles. The molecule has 0 radical (unpaired) electrons. The number of aryl methyl sites for hydroxylation is 1. The van der Waals surface area contributed by atoms with Gasteiger partial charge < -0.3 is 60.0 Å². The van der Waals surface area contributed by atoms with Crippen LogP contribution in [0.4, 0.5) is 13.2 Å². The summed E-state index contributed by atoms with van der Waals surface area (Å²) in [5.41, 5.74) is -2.34. The van der Waals surface area contributed by atoms with Gasteiger partial charge in [0.05, 0.1) is 23.6 Å². The van der Waals surface area contributed by atoms with Crippen molar-refractivity contribution in [2.75, 3.05) is 75.0 Å². The summed E-state index contributed by atoms with van der Waals surface area (Å²) in [5, 5.41) is 8.21. The van der Waals surface area contributed by atoms with E-state index in [4.69, 9.17) is 11.6 Å². The zero-order valence-corrected chi connectivity index (χ0v) is 63.1. The molecule has 24 nitrogen and oxygen atoms in total. The van der Waals surface area contributed by atoms with Gasteiger partial charge in [0.2, 0.25) is 70.9 Å². The van der Waals surface area contributed by atoms with E-state index in [-0.39, 0.29) is 82.7 Å². The minimum absolute atomic E-state index is 0.0234. The van der Waals surface area contributed by atoms with Gasteiger partial charge in [-0.05, 0) is 126 Å². The number of benzene rings is 1. The van der Waals surface area contributed by atoms with E-state index in [0.29, 0.717) is 70.0 Å². The third-order valence-electron chi connectivity index (χ3n) is 22.7. The van der Waals surface area contributed by atoms with Crippen LogP contribution >= 0.6 is 11.6 Å². The van der Waals surface area contributed by atoms with E-state index in [1.54, 1.807) is 11.8 Å². The van der Waals surface area contributed by atoms with Gasteiger partial charge >= 0.3 is 6.18 Å². The van der Waals surface area contributed by atoms with Crippen molar-refractivity contribution in [1.82, 2.24) is 60.0 Å². The smallest absolute Gasteiger partial charge is 0.343 e. The fraction of sp³-hybridized carbons (Fsp3) is 0.757. The lowest BCUT2D eigenvalue weighted by Crippen LogP contribution is -2.65. The van der Waals surface area contributed by atoms with E-state index in [0.717, 1.165) is 62.0 Å². The first-order valence-corrected chi connectivity index (χ1v) is 37.8. The van der Waals surface area contributed by atoms with Crippen LogP contribution in [0.25, 0.3) is 0 Å². The molecule has 1 aromatic carbocycles. The van der Waals surface area contributed by atoms with Gasteiger partial charge in [-0.15, -0.1) is 0 Å². The molecule has 6 aliphatic rings. The number of piperidine rings is 1. The SMILES string of the molecule is CCCCC[C@H]1C(=O)N(C)[C@H](C(=O)N2CCCCC2)CC(=O)N(C)[C@@H](CC(C)C)C(=O)N[C@@H]([C@@H](C)CC)C(=O)N(C)[C@@H](C)C(=O)N2CC[C@H]2C(=O)N(C)[C@@H](CC2CCCCC2)C(=O)N(C)CC(=O)N[C@@H](CCc2ccc(C(F)(F)F)c(Cl)c2)C(=O)N2CCC[C@H]2C(=O)NC2(CCCC2)C(=O)N1C. The standard InChI is InChI=1S/C74H114ClF3N12O12/c1-13-15-18-28-55-68(98)86(11)59(70(100)88-37-23-17-24-38-88)44-61(92)84(9)57(41-46(3)4)63(93)80-62(47(5)14-2)71(101)83(8)48(6)65(95)90-40-34-56(90)69(99)85(10)58(43-49-26-19-16-20-27-49)67(97)82(7)45-60(91)79-53(33-31-50-30-32-51(52(75)42-50)74(76,77)78)66(96)89-39-25-29-54(89)64(94)81-73(35-21-22-36-73)72(102)87(55)12/h30,32,42,46-49,53-59,62H,13-29,31,33-41,43-45H2,1-12H3,(H,79,91)(H,80,93)(H,81,94)/t47-,48-,53-,54-,55-,56-,57-,58-,59-,62-/m0/s1. The summed E-state index contributed by atoms with van der Waals surface area (Å²) in [6.07, 6.45) is 5.91. The number of hydrogen-bond acceptors (Lipinski definition) is 12. The van der Waals surface area contributed by atoms with Gasteiger partial charge in [-0.2, -0.15) is 13.2 Å². The first kappa shape index (κ1) is 82.2. The zero-order valence-electron chi connectivity index (χ0n) is 62.3. The lowest BCUT2D eigenvalue weighted by molar-refractivity contribution is -0.160. The Labute approximate surface area is 605 Å². The molecule has 102 heavy (non-hydrogen) atoms. The van der Waals surface area contributed by atoms with Crippen molar-refractivity contribution in [3.63, 3.8) is 0 Å². The van der Waals surface area contributed by atoms with Gasteiger partial charge in [0.15, 0.2) is 0 Å². The maximum absolute atomic E-state index is 15.6. The number of amides is 12. The molecule has 10 atom stereocenters. The third-order valence-corrected chi connectivity index (χ3v) is 23.0. The van der Waals surface area contributed by atoms with Gasteiger partial charge in [-0.3, -0.25) is 57.5 Å². The largest absolute Gasteiger partial charge is 0.417 e. The number of nitrogens with zero attached hydrogens (tertiary/aromatic N) is 9. The zero-order chi connectivity index (χ0) is 75.2. The average Bonchev–Trinajstić information content (AvgIpc) is 1.56. The third kappa shape index (κ3) is 19.9. The Balaban J connectivity index is 1.30. The number of likely N-dealkylation sites (tertiary alicyclic amines) is 1. The summed E-state index contributed by atoms with van der Waals surface area (Å²) >= 11 is 6.17. The van der Waals surface area contributed by atoms with E-state index in [1.165, 1.54) is 89.6 Å². The Morgan fingerprint density at radius 2 is 1.27 bits per heavy atom. The molecule has 1 aromatic rings. The highest BCUT2D eigenvalue weighted by molar-refractivity contribution is 6.31. The summed E-state index contributed by atoms with van der Waals surface area (Å²) in [5.74, 6) is -8.16. The molecule has 12 amide bonds. The first-order chi connectivity index (χ1) is 48.2. The number of unbranched alkanes of at least 4 members (excludes halogenated alkanes) is 2. The second-order valence-corrected chi connectivity index (χ2v) is 30.7. The van der Waals surface area contributed by atoms with Gasteiger partial charge in [0.1, 0.15) is 59.9 Å². The predicted octanol–water partition coefficient (Wildman–Crippen LogP) is 6.95. The fourth-order valence-corrected chi connectivity index (χ4v) is 16.0. The molecule has 6 fully saturated rings. The number of likely N-dealkylation sites (N-methyl/N-ethyl adjacent to an activating group) is 6. The molecule has 3 N–H and O–H groups in total. The number of alkyl halides is 3. The number of nitrogens with one attached hydrogen (secondary N) is 3. The van der Waals surface area contributed by atoms with Crippen molar-refractivity contribution in [1.29, 1.82) is 0 Å². The number of halogens is 4. The molecule has 4 heterocycles. The van der Waals surface area contributed by atoms with Gasteiger partial charge in [-0.1, -0.05) is 123 Å². The van der Waals surface area contributed by atoms with Crippen LogP contribution in [-0.4, -0.2) is 250 Å². The van der Waals surface area contributed by atoms with E-state index < -0.39 is 166 Å². The summed E-state index contributed by atoms with van der Waals surface area (Å²) in [6, 6.07) is -7.75. The number of rotatable bonds is 14. The summed E-state index contributed by atoms with van der Waals surface area (Å²) in [6.45, 7) is 11.2. The highest BCUT2D eigenvalue weighted by atomic mass is 35.5. The minimum atomic E-state index is -4.76. The molecule has 28 heteroatoms. The average molecular weight is 1460 g/mol. The van der Waals surface area contributed by atoms with Crippen molar-refractivity contribution < 1.29 is 70.7 Å². The lowest BCUT2D eigenvalue weighted by Gasteiger charge is -2.45. The summed E-state index contributed by atoms with van der Waals surface area (Å²) < 4.78 is 41.7. The molecule has 570 valence electrons. The molecule has 0 aromatic heterocycles. The van der Waals surface area contributed by atoms with Gasteiger partial charge in [0.25, 0.3) is 0 Å². The summed E-state index contributed by atoms with van der Waals surface area (Å²) in [7, 11) is 8.69. The molecular weight excluding hydrogens is 1340 g/mol. The Morgan fingerprint density at radius 3 is 1.87 bits per heavy atom. The van der Waals surface area contributed by atoms with Crippen LogP contribution in [0.15, 0.2) is 18.2 Å². The summed E-state index contributed by atoms with van der Waals surface area (Å²) in [4.78, 5) is 192. The molecule has 1 spiro atoms. The highest BCUT2D eigenvalue weighted by Gasteiger charge is 2.51. The molecule has 7 rings (SSSR count). The van der Waals surface area contributed by atoms with Crippen molar-refractivity contribution in [3.05, 3.63) is 34.3 Å². The topological polar surface area (TPSA) is 270 Å². The molecule has 0 bridgehead atoms. The van der Waals surface area contributed by atoms with Crippen LogP contribution in [0.2, 0.25) is 5.02 Å². The van der Waals surface area contributed by atoms with Crippen LogP contribution in [0.5, 0.6) is 0 Å². The van der Waals surface area contributed by atoms with Crippen molar-refractivity contribution in [3.8, 4) is 0 Å². The van der Waals surface area contributed by atoms with Crippen LogP contribution < -0.4 is 16.0 Å². The van der Waals surface area contributed by atoms with Gasteiger partial charge in [-0.25, -0.2) is 0 Å². The Kier molecular flexibility index (Phi) is 29.5. The second-order valence-electron chi connectivity index (χ2n) is 30.3. The number of carbonyl (C=O) groups is 12. The Bertz CT molecular complexity index is 3180. The highest BCUT2D eigenvalue weighted by Crippen LogP contribution is 2.38. The normalized spacial score (nSPS) is 27.4. The Hall–Kier alpha value is -7.06. The monoisotopic (exact) mass is 1450 g/mol.